The average molecular weight is 294 g/mol. The van der Waals surface area contributed by atoms with Crippen LogP contribution in [0.3, 0.4) is 0 Å². The maximum atomic E-state index is 5.96. The second-order valence-corrected chi connectivity index (χ2v) is 7.97. The zero-order chi connectivity index (χ0) is 16.1. The van der Waals surface area contributed by atoms with Crippen LogP contribution in [0.5, 0.6) is 0 Å². The van der Waals surface area contributed by atoms with Crippen LogP contribution in [-0.2, 0) is 18.6 Å². The second kappa shape index (κ2) is 5.12. The normalized spacial score (nSPS) is 29.5. The van der Waals surface area contributed by atoms with E-state index in [9.17, 15) is 0 Å². The van der Waals surface area contributed by atoms with Gasteiger partial charge >= 0.3 is 14.2 Å². The molecule has 0 saturated carbocycles. The van der Waals surface area contributed by atoms with E-state index in [1.807, 2.05) is 12.1 Å². The standard InChI is InChI=1S/C15H28B2O4/c1-12(2)13(3,4)19-16(18-12)10-9-11-17-20-14(5,6)15(7,8)21-17/h9-10H,11H2,1-8H3/b10-9-. The van der Waals surface area contributed by atoms with Crippen molar-refractivity contribution < 1.29 is 18.6 Å². The van der Waals surface area contributed by atoms with Crippen molar-refractivity contribution in [3.05, 3.63) is 12.1 Å². The summed E-state index contributed by atoms with van der Waals surface area (Å²) in [6.07, 6.45) is 2.71. The Morgan fingerprint density at radius 2 is 1.05 bits per heavy atom. The molecule has 0 N–H and O–H groups in total. The second-order valence-electron chi connectivity index (χ2n) is 7.97. The number of hydrogen-bond acceptors (Lipinski definition) is 4. The van der Waals surface area contributed by atoms with E-state index in [4.69, 9.17) is 18.6 Å². The predicted octanol–water partition coefficient (Wildman–Crippen LogP) is 3.27. The minimum Gasteiger partial charge on any atom is -0.403 e. The summed E-state index contributed by atoms with van der Waals surface area (Å²) in [6, 6.07) is 0. The molecule has 21 heavy (non-hydrogen) atoms. The molecule has 0 aliphatic carbocycles. The lowest BCUT2D eigenvalue weighted by molar-refractivity contribution is 0.00578. The molecule has 6 heteroatoms. The zero-order valence-corrected chi connectivity index (χ0v) is 14.6. The first-order valence-electron chi connectivity index (χ1n) is 7.74. The van der Waals surface area contributed by atoms with Crippen molar-refractivity contribution in [1.82, 2.24) is 0 Å². The highest BCUT2D eigenvalue weighted by Crippen LogP contribution is 2.38. The van der Waals surface area contributed by atoms with Crippen LogP contribution in [0.15, 0.2) is 12.1 Å². The summed E-state index contributed by atoms with van der Waals surface area (Å²) >= 11 is 0. The Morgan fingerprint density at radius 1 is 0.667 bits per heavy atom. The van der Waals surface area contributed by atoms with Gasteiger partial charge in [0.25, 0.3) is 0 Å². The van der Waals surface area contributed by atoms with Gasteiger partial charge in [-0.15, -0.1) is 0 Å². The van der Waals surface area contributed by atoms with E-state index < -0.39 is 0 Å². The van der Waals surface area contributed by atoms with Crippen LogP contribution in [0.1, 0.15) is 55.4 Å². The molecule has 0 aromatic heterocycles. The highest BCUT2D eigenvalue weighted by molar-refractivity contribution is 6.52. The fourth-order valence-electron chi connectivity index (χ4n) is 2.33. The first kappa shape index (κ1) is 17.1. The van der Waals surface area contributed by atoms with Gasteiger partial charge in [-0.05, 0) is 61.7 Å². The molecular weight excluding hydrogens is 266 g/mol. The molecule has 2 aliphatic rings. The molecule has 118 valence electrons. The highest BCUT2D eigenvalue weighted by atomic mass is 16.7. The van der Waals surface area contributed by atoms with Crippen LogP contribution >= 0.6 is 0 Å². The van der Waals surface area contributed by atoms with Gasteiger partial charge in [0.05, 0.1) is 22.4 Å². The molecule has 2 fully saturated rings. The van der Waals surface area contributed by atoms with Crippen molar-refractivity contribution in [2.45, 2.75) is 84.1 Å². The van der Waals surface area contributed by atoms with E-state index in [0.29, 0.717) is 6.32 Å². The molecule has 4 nitrogen and oxygen atoms in total. The van der Waals surface area contributed by atoms with Gasteiger partial charge in [0, 0.05) is 0 Å². The molecule has 0 aromatic rings. The van der Waals surface area contributed by atoms with Gasteiger partial charge < -0.3 is 18.6 Å². The van der Waals surface area contributed by atoms with Crippen molar-refractivity contribution >= 4 is 14.2 Å². The Bertz CT molecular complexity index is 397. The lowest BCUT2D eigenvalue weighted by Gasteiger charge is -2.32. The van der Waals surface area contributed by atoms with Gasteiger partial charge in [0.2, 0.25) is 0 Å². The molecule has 2 aliphatic heterocycles. The largest absolute Gasteiger partial charge is 0.486 e. The van der Waals surface area contributed by atoms with Crippen molar-refractivity contribution in [3.63, 3.8) is 0 Å². The van der Waals surface area contributed by atoms with Crippen LogP contribution in [-0.4, -0.2) is 36.6 Å². The van der Waals surface area contributed by atoms with Crippen molar-refractivity contribution in [2.24, 2.45) is 0 Å². The predicted molar refractivity (Wildman–Crippen MR) is 86.1 cm³/mol. The van der Waals surface area contributed by atoms with Crippen molar-refractivity contribution in [2.75, 3.05) is 0 Å². The Hall–Kier alpha value is -0.290. The van der Waals surface area contributed by atoms with Gasteiger partial charge in [-0.25, -0.2) is 0 Å². The van der Waals surface area contributed by atoms with Crippen LogP contribution in [0.2, 0.25) is 6.32 Å². The fraction of sp³-hybridized carbons (Fsp3) is 0.867. The third-order valence-corrected chi connectivity index (χ3v) is 5.20. The highest BCUT2D eigenvalue weighted by Gasteiger charge is 2.51. The average Bonchev–Trinajstić information content (AvgIpc) is 2.57. The molecule has 2 saturated heterocycles. The van der Waals surface area contributed by atoms with Gasteiger partial charge in [0.1, 0.15) is 0 Å². The summed E-state index contributed by atoms with van der Waals surface area (Å²) in [4.78, 5) is 0. The number of rotatable bonds is 3. The molecule has 0 amide bonds. The minimum absolute atomic E-state index is 0.214. The molecular formula is C15H28B2O4. The maximum Gasteiger partial charge on any atom is 0.486 e. The van der Waals surface area contributed by atoms with Gasteiger partial charge in [-0.3, -0.25) is 0 Å². The molecule has 0 spiro atoms. The molecule has 0 atom stereocenters. The molecule has 0 unspecified atom stereocenters. The van der Waals surface area contributed by atoms with E-state index >= 15 is 0 Å². The molecule has 0 aromatic carbocycles. The zero-order valence-electron chi connectivity index (χ0n) is 14.6. The Labute approximate surface area is 129 Å². The van der Waals surface area contributed by atoms with E-state index in [0.717, 1.165) is 0 Å². The van der Waals surface area contributed by atoms with E-state index in [1.165, 1.54) is 0 Å². The van der Waals surface area contributed by atoms with Crippen molar-refractivity contribution in [1.29, 1.82) is 0 Å². The van der Waals surface area contributed by atoms with Crippen LogP contribution < -0.4 is 0 Å². The third-order valence-electron chi connectivity index (χ3n) is 5.20. The summed E-state index contributed by atoms with van der Waals surface area (Å²) < 4.78 is 23.8. The topological polar surface area (TPSA) is 36.9 Å². The number of allylic oxidation sites excluding steroid dienone is 1. The Kier molecular flexibility index (Phi) is 4.16. The lowest BCUT2D eigenvalue weighted by atomic mass is 9.81. The van der Waals surface area contributed by atoms with Crippen molar-refractivity contribution in [3.8, 4) is 0 Å². The van der Waals surface area contributed by atoms with Gasteiger partial charge in [0.15, 0.2) is 0 Å². The maximum absolute atomic E-state index is 5.96. The minimum atomic E-state index is -0.308. The first-order valence-corrected chi connectivity index (χ1v) is 7.74. The molecule has 0 bridgehead atoms. The Balaban J connectivity index is 1.88. The summed E-state index contributed by atoms with van der Waals surface area (Å²) in [6.45, 7) is 16.4. The Morgan fingerprint density at radius 3 is 1.48 bits per heavy atom. The molecule has 2 rings (SSSR count). The monoisotopic (exact) mass is 294 g/mol. The van der Waals surface area contributed by atoms with E-state index in [1.54, 1.807) is 0 Å². The number of hydrogen-bond donors (Lipinski definition) is 0. The third kappa shape index (κ3) is 3.24. The molecule has 0 radical (unpaired) electrons. The summed E-state index contributed by atoms with van der Waals surface area (Å²) in [5.74, 6) is 1.95. The SMILES string of the molecule is CC1(C)OB(/C=C\CB2OC(C)(C)C(C)(C)O2)OC1(C)C. The van der Waals surface area contributed by atoms with Crippen LogP contribution in [0, 0.1) is 0 Å². The molecule has 2 heterocycles. The quantitative estimate of drug-likeness (QED) is 0.749. The van der Waals surface area contributed by atoms with E-state index in [2.05, 4.69) is 55.4 Å². The van der Waals surface area contributed by atoms with Crippen LogP contribution in [0.4, 0.5) is 0 Å². The summed E-state index contributed by atoms with van der Waals surface area (Å²) in [5, 5.41) is 0. The van der Waals surface area contributed by atoms with Gasteiger partial charge in [-0.2, -0.15) is 0 Å². The van der Waals surface area contributed by atoms with E-state index in [-0.39, 0.29) is 36.6 Å². The van der Waals surface area contributed by atoms with Crippen LogP contribution in [0.25, 0.3) is 0 Å². The fourth-order valence-corrected chi connectivity index (χ4v) is 2.33. The first-order chi connectivity index (χ1) is 9.36. The summed E-state index contributed by atoms with van der Waals surface area (Å²) in [5.41, 5.74) is -1.16. The smallest absolute Gasteiger partial charge is 0.403 e. The summed E-state index contributed by atoms with van der Waals surface area (Å²) in [7, 11) is -0.522. The van der Waals surface area contributed by atoms with Gasteiger partial charge in [-0.1, -0.05) is 12.1 Å². The lowest BCUT2D eigenvalue weighted by Crippen LogP contribution is -2.41.